The maximum absolute atomic E-state index is 12.8. The number of hydrogen-bond donors (Lipinski definition) is 1. The van der Waals surface area contributed by atoms with Crippen molar-refractivity contribution in [3.8, 4) is 17.2 Å². The first-order valence-corrected chi connectivity index (χ1v) is 8.73. The van der Waals surface area contributed by atoms with Crippen molar-refractivity contribution in [2.24, 2.45) is 0 Å². The number of ether oxygens (including phenoxy) is 3. The van der Waals surface area contributed by atoms with E-state index in [2.05, 4.69) is 15.1 Å². The number of likely N-dealkylation sites (tertiary alicyclic amines) is 1. The molecule has 0 bridgehead atoms. The van der Waals surface area contributed by atoms with E-state index in [0.29, 0.717) is 29.6 Å². The van der Waals surface area contributed by atoms with E-state index in [9.17, 15) is 8.78 Å². The number of rotatable bonds is 5. The maximum atomic E-state index is 12.8. The molecule has 0 spiro atoms. The molecule has 138 valence electrons. The Bertz CT molecular complexity index is 611. The fraction of sp³-hybridized carbons (Fsp3) is 0.647. The predicted molar refractivity (Wildman–Crippen MR) is 87.3 cm³/mol. The summed E-state index contributed by atoms with van der Waals surface area (Å²) in [5.41, 5.74) is 0.713. The molecule has 3 aliphatic rings. The first-order chi connectivity index (χ1) is 12.2. The third-order valence-electron chi connectivity index (χ3n) is 5.08. The van der Waals surface area contributed by atoms with Gasteiger partial charge < -0.3 is 19.5 Å². The molecule has 1 unspecified atom stereocenters. The molecule has 1 N–H and O–H groups in total. The van der Waals surface area contributed by atoms with E-state index < -0.39 is 6.61 Å². The summed E-state index contributed by atoms with van der Waals surface area (Å²) in [6, 6.07) is 3.81. The van der Waals surface area contributed by atoms with Crippen LogP contribution < -0.4 is 19.5 Å². The summed E-state index contributed by atoms with van der Waals surface area (Å²) < 4.78 is 40.9. The summed E-state index contributed by atoms with van der Waals surface area (Å²) in [7, 11) is 0. The third-order valence-corrected chi connectivity index (χ3v) is 5.08. The molecule has 25 heavy (non-hydrogen) atoms. The second kappa shape index (κ2) is 7.31. The molecule has 0 aliphatic carbocycles. The molecule has 0 aromatic heterocycles. The summed E-state index contributed by atoms with van der Waals surface area (Å²) in [4.78, 5) is 4.81. The highest BCUT2D eigenvalue weighted by Crippen LogP contribution is 2.39. The largest absolute Gasteiger partial charge is 0.454 e. The van der Waals surface area contributed by atoms with Crippen LogP contribution in [0.25, 0.3) is 0 Å². The Balaban J connectivity index is 1.45. The van der Waals surface area contributed by atoms with Gasteiger partial charge in [0.05, 0.1) is 0 Å². The zero-order valence-corrected chi connectivity index (χ0v) is 14.0. The van der Waals surface area contributed by atoms with Crippen LogP contribution in [0.5, 0.6) is 17.2 Å². The minimum Gasteiger partial charge on any atom is -0.454 e. The Hall–Kier alpha value is -1.64. The first kappa shape index (κ1) is 16.8. The van der Waals surface area contributed by atoms with Gasteiger partial charge in [0.1, 0.15) is 5.75 Å². The van der Waals surface area contributed by atoms with Crippen LogP contribution in [-0.4, -0.2) is 68.5 Å². The number of fused-ring (bicyclic) bond motifs is 1. The van der Waals surface area contributed by atoms with Crippen LogP contribution in [0.3, 0.4) is 0 Å². The van der Waals surface area contributed by atoms with Crippen LogP contribution in [0, 0.1) is 0 Å². The number of halogens is 2. The van der Waals surface area contributed by atoms with Gasteiger partial charge in [0.2, 0.25) is 6.79 Å². The standard InChI is InChI=1S/C17H23F2N3O3/c18-17(19)25-14-8-16-15(23-11-24-16)7-12(14)9-21-4-1-13(10-21)22-5-2-20-3-6-22/h7-8,13,17,20H,1-6,9-11H2. The summed E-state index contributed by atoms with van der Waals surface area (Å²) >= 11 is 0. The third kappa shape index (κ3) is 3.80. The maximum Gasteiger partial charge on any atom is 0.387 e. The van der Waals surface area contributed by atoms with Gasteiger partial charge in [0.25, 0.3) is 0 Å². The average Bonchev–Trinajstić information content (AvgIpc) is 3.24. The van der Waals surface area contributed by atoms with Gasteiger partial charge in [0, 0.05) is 63.5 Å². The summed E-state index contributed by atoms with van der Waals surface area (Å²) in [5, 5.41) is 3.37. The van der Waals surface area contributed by atoms with Gasteiger partial charge in [-0.05, 0) is 12.5 Å². The van der Waals surface area contributed by atoms with E-state index >= 15 is 0 Å². The molecule has 1 aromatic carbocycles. The zero-order valence-electron chi connectivity index (χ0n) is 14.0. The van der Waals surface area contributed by atoms with Crippen LogP contribution in [0.4, 0.5) is 8.78 Å². The minimum absolute atomic E-state index is 0.113. The first-order valence-electron chi connectivity index (χ1n) is 8.73. The lowest BCUT2D eigenvalue weighted by Gasteiger charge is -2.32. The SMILES string of the molecule is FC(F)Oc1cc2c(cc1CN1CCC(N3CCNCC3)C1)OCO2. The Morgan fingerprint density at radius 3 is 2.68 bits per heavy atom. The van der Waals surface area contributed by atoms with E-state index in [4.69, 9.17) is 14.2 Å². The molecule has 2 fully saturated rings. The molecule has 6 nitrogen and oxygen atoms in total. The van der Waals surface area contributed by atoms with Crippen LogP contribution in [0.1, 0.15) is 12.0 Å². The van der Waals surface area contributed by atoms with Crippen molar-refractivity contribution in [3.05, 3.63) is 17.7 Å². The van der Waals surface area contributed by atoms with Gasteiger partial charge in [0.15, 0.2) is 11.5 Å². The monoisotopic (exact) mass is 355 g/mol. The molecular weight excluding hydrogens is 332 g/mol. The Morgan fingerprint density at radius 1 is 1.16 bits per heavy atom. The summed E-state index contributed by atoms with van der Waals surface area (Å²) in [6.07, 6.45) is 1.11. The molecule has 2 saturated heterocycles. The highest BCUT2D eigenvalue weighted by atomic mass is 19.3. The highest BCUT2D eigenvalue weighted by molar-refractivity contribution is 5.51. The smallest absolute Gasteiger partial charge is 0.387 e. The van der Waals surface area contributed by atoms with Crippen molar-refractivity contribution in [2.75, 3.05) is 46.1 Å². The second-order valence-corrected chi connectivity index (χ2v) is 6.66. The molecule has 0 radical (unpaired) electrons. The van der Waals surface area contributed by atoms with Crippen molar-refractivity contribution >= 4 is 0 Å². The van der Waals surface area contributed by atoms with E-state index in [1.165, 1.54) is 6.07 Å². The number of alkyl halides is 2. The van der Waals surface area contributed by atoms with E-state index in [0.717, 1.165) is 45.7 Å². The van der Waals surface area contributed by atoms with Crippen LogP contribution >= 0.6 is 0 Å². The van der Waals surface area contributed by atoms with Crippen LogP contribution in [0.15, 0.2) is 12.1 Å². The number of hydrogen-bond acceptors (Lipinski definition) is 6. The zero-order chi connectivity index (χ0) is 17.2. The number of nitrogens with one attached hydrogen (secondary N) is 1. The Morgan fingerprint density at radius 2 is 1.92 bits per heavy atom. The summed E-state index contributed by atoms with van der Waals surface area (Å²) in [6.45, 7) is 3.94. The number of nitrogens with zero attached hydrogens (tertiary/aromatic N) is 2. The van der Waals surface area contributed by atoms with Gasteiger partial charge in [-0.1, -0.05) is 0 Å². The molecule has 1 atom stereocenters. The van der Waals surface area contributed by atoms with E-state index in [1.807, 2.05) is 0 Å². The van der Waals surface area contributed by atoms with Gasteiger partial charge in [-0.25, -0.2) is 0 Å². The minimum atomic E-state index is -2.86. The van der Waals surface area contributed by atoms with Crippen molar-refractivity contribution < 1.29 is 23.0 Å². The fourth-order valence-electron chi connectivity index (χ4n) is 3.84. The average molecular weight is 355 g/mol. The topological polar surface area (TPSA) is 46.2 Å². The molecular formula is C17H23F2N3O3. The molecule has 0 amide bonds. The summed E-state index contributed by atoms with van der Waals surface area (Å²) in [5.74, 6) is 1.22. The van der Waals surface area contributed by atoms with E-state index in [-0.39, 0.29) is 12.5 Å². The lowest BCUT2D eigenvalue weighted by Crippen LogP contribution is -2.49. The lowest BCUT2D eigenvalue weighted by atomic mass is 10.1. The quantitative estimate of drug-likeness (QED) is 0.864. The highest BCUT2D eigenvalue weighted by Gasteiger charge is 2.29. The molecule has 8 heteroatoms. The van der Waals surface area contributed by atoms with E-state index in [1.54, 1.807) is 6.07 Å². The van der Waals surface area contributed by atoms with Crippen LogP contribution in [0.2, 0.25) is 0 Å². The molecule has 1 aromatic rings. The van der Waals surface area contributed by atoms with Gasteiger partial charge in [-0.2, -0.15) is 8.78 Å². The van der Waals surface area contributed by atoms with Crippen molar-refractivity contribution in [2.45, 2.75) is 25.6 Å². The van der Waals surface area contributed by atoms with Crippen molar-refractivity contribution in [1.29, 1.82) is 0 Å². The van der Waals surface area contributed by atoms with Crippen molar-refractivity contribution in [1.82, 2.24) is 15.1 Å². The van der Waals surface area contributed by atoms with Gasteiger partial charge >= 0.3 is 6.61 Å². The molecule has 3 aliphatic heterocycles. The van der Waals surface area contributed by atoms with Crippen LogP contribution in [-0.2, 0) is 6.54 Å². The normalized spacial score (nSPS) is 24.2. The predicted octanol–water partition coefficient (Wildman–Crippen LogP) is 1.50. The van der Waals surface area contributed by atoms with Gasteiger partial charge in [-0.3, -0.25) is 9.80 Å². The number of benzene rings is 1. The van der Waals surface area contributed by atoms with Crippen molar-refractivity contribution in [3.63, 3.8) is 0 Å². The number of piperazine rings is 1. The second-order valence-electron chi connectivity index (χ2n) is 6.66. The Labute approximate surface area is 145 Å². The molecule has 4 rings (SSSR count). The fourth-order valence-corrected chi connectivity index (χ4v) is 3.84. The lowest BCUT2D eigenvalue weighted by molar-refractivity contribution is -0.0508. The van der Waals surface area contributed by atoms with Gasteiger partial charge in [-0.15, -0.1) is 0 Å². The Kier molecular flexibility index (Phi) is 4.91. The molecule has 0 saturated carbocycles. The molecule has 3 heterocycles.